The highest BCUT2D eigenvalue weighted by atomic mass is 15.2. The molecule has 14 aromatic rings. The van der Waals surface area contributed by atoms with Gasteiger partial charge in [0.25, 0.3) is 0 Å². The molecule has 14 rings (SSSR count). The van der Waals surface area contributed by atoms with Crippen LogP contribution in [0.25, 0.3) is 128 Å². The van der Waals surface area contributed by atoms with Gasteiger partial charge in [0.05, 0.1) is 38.8 Å². The third-order valence-corrected chi connectivity index (χ3v) is 13.7. The molecule has 0 fully saturated rings. The summed E-state index contributed by atoms with van der Waals surface area (Å²) in [5.41, 5.74) is 15.3. The molecule has 0 radical (unpaired) electrons. The van der Waals surface area contributed by atoms with Crippen molar-refractivity contribution in [3.05, 3.63) is 243 Å². The first-order valence-corrected chi connectivity index (χ1v) is 23.4. The Morgan fingerprint density at radius 1 is 0.246 bits per heavy atom. The van der Waals surface area contributed by atoms with Gasteiger partial charge in [-0.25, -0.2) is 4.98 Å². The smallest absolute Gasteiger partial charge is 0.238 e. The second kappa shape index (κ2) is 15.6. The van der Waals surface area contributed by atoms with E-state index in [9.17, 15) is 0 Å². The summed E-state index contributed by atoms with van der Waals surface area (Å²) in [5, 5.41) is 6.91. The van der Waals surface area contributed by atoms with Crippen molar-refractivity contribution in [1.82, 2.24) is 28.7 Å². The molecular weight excluding hydrogens is 841 g/mol. The molecule has 0 amide bonds. The second-order valence-corrected chi connectivity index (χ2v) is 17.6. The van der Waals surface area contributed by atoms with Gasteiger partial charge in [-0.2, -0.15) is 9.97 Å². The lowest BCUT2D eigenvalue weighted by molar-refractivity contribution is 0.954. The second-order valence-electron chi connectivity index (χ2n) is 17.6. The summed E-state index contributed by atoms with van der Waals surface area (Å²) >= 11 is 0. The highest BCUT2D eigenvalue weighted by Gasteiger charge is 2.23. The van der Waals surface area contributed by atoms with Crippen molar-refractivity contribution >= 4 is 65.4 Å². The van der Waals surface area contributed by atoms with Crippen LogP contribution >= 0.6 is 0 Å². The molecule has 0 aliphatic rings. The fourth-order valence-corrected chi connectivity index (χ4v) is 10.6. The minimum Gasteiger partial charge on any atom is -0.309 e. The Morgan fingerprint density at radius 2 is 0.696 bits per heavy atom. The van der Waals surface area contributed by atoms with Crippen LogP contribution in [0.2, 0.25) is 0 Å². The van der Waals surface area contributed by atoms with Crippen molar-refractivity contribution in [2.45, 2.75) is 0 Å². The summed E-state index contributed by atoms with van der Waals surface area (Å²) in [6.07, 6.45) is 0. The van der Waals surface area contributed by atoms with E-state index < -0.39 is 0 Å². The van der Waals surface area contributed by atoms with E-state index in [0.29, 0.717) is 17.6 Å². The van der Waals surface area contributed by atoms with Gasteiger partial charge in [-0.3, -0.25) is 4.57 Å². The predicted molar refractivity (Wildman–Crippen MR) is 285 cm³/mol. The van der Waals surface area contributed by atoms with E-state index in [2.05, 4.69) is 238 Å². The van der Waals surface area contributed by atoms with Gasteiger partial charge in [-0.1, -0.05) is 182 Å². The number of nitrogens with zero attached hydrogens (tertiary/aromatic N) is 6. The summed E-state index contributed by atoms with van der Waals surface area (Å²) in [7, 11) is 0. The van der Waals surface area contributed by atoms with Gasteiger partial charge in [0.1, 0.15) is 0 Å². The van der Waals surface area contributed by atoms with E-state index >= 15 is 0 Å². The lowest BCUT2D eigenvalue weighted by Gasteiger charge is -2.16. The molecule has 69 heavy (non-hydrogen) atoms. The number of hydrogen-bond acceptors (Lipinski definition) is 3. The summed E-state index contributed by atoms with van der Waals surface area (Å²) in [6.45, 7) is 0. The molecule has 4 aromatic heterocycles. The molecule has 0 saturated carbocycles. The predicted octanol–water partition coefficient (Wildman–Crippen LogP) is 15.8. The number of aromatic nitrogens is 6. The average Bonchev–Trinajstić information content (AvgIpc) is 4.06. The minimum absolute atomic E-state index is 0.555. The van der Waals surface area contributed by atoms with E-state index in [1.165, 1.54) is 27.3 Å². The minimum atomic E-state index is 0.555. The highest BCUT2D eigenvalue weighted by Crippen LogP contribution is 2.43. The van der Waals surface area contributed by atoms with Crippen molar-refractivity contribution in [1.29, 1.82) is 0 Å². The van der Waals surface area contributed by atoms with E-state index in [4.69, 9.17) is 15.0 Å². The van der Waals surface area contributed by atoms with Gasteiger partial charge < -0.3 is 9.13 Å². The molecule has 10 aromatic carbocycles. The molecule has 6 heteroatoms. The molecule has 0 spiro atoms. The maximum atomic E-state index is 5.43. The molecular formula is C63H40N6. The lowest BCUT2D eigenvalue weighted by atomic mass is 9.97. The molecule has 0 aliphatic carbocycles. The first-order valence-electron chi connectivity index (χ1n) is 23.4. The van der Waals surface area contributed by atoms with Gasteiger partial charge in [0.2, 0.25) is 5.95 Å². The first kappa shape index (κ1) is 38.8. The summed E-state index contributed by atoms with van der Waals surface area (Å²) in [5.74, 6) is 1.76. The van der Waals surface area contributed by atoms with Crippen LogP contribution < -0.4 is 0 Å². The fourth-order valence-electron chi connectivity index (χ4n) is 10.6. The zero-order valence-corrected chi connectivity index (χ0v) is 37.3. The molecule has 6 nitrogen and oxygen atoms in total. The SMILES string of the molecule is c1ccc(-c2ccc(-n3c4ccccc4c4cc5c(cc43)c3ccccc3n5-c3nc(-c4ccccc4)nc(-c4ccc5c6ccccc6n(-c6ccccc6)c5c4)n3)c(-c3ccccc3)c2)cc1. The Kier molecular flexibility index (Phi) is 8.79. The van der Waals surface area contributed by atoms with Gasteiger partial charge in [0, 0.05) is 54.7 Å². The van der Waals surface area contributed by atoms with Crippen molar-refractivity contribution in [3.63, 3.8) is 0 Å². The maximum Gasteiger partial charge on any atom is 0.238 e. The van der Waals surface area contributed by atoms with Crippen molar-refractivity contribution in [3.8, 4) is 62.4 Å². The van der Waals surface area contributed by atoms with Crippen LogP contribution in [-0.2, 0) is 0 Å². The maximum absolute atomic E-state index is 5.43. The Labute approximate surface area is 397 Å². The largest absolute Gasteiger partial charge is 0.309 e. The molecule has 0 atom stereocenters. The molecule has 0 unspecified atom stereocenters. The van der Waals surface area contributed by atoms with Crippen LogP contribution in [0.3, 0.4) is 0 Å². The third kappa shape index (κ3) is 6.23. The lowest BCUT2D eigenvalue weighted by Crippen LogP contribution is -2.06. The third-order valence-electron chi connectivity index (χ3n) is 13.7. The number of benzene rings is 10. The van der Waals surface area contributed by atoms with Crippen LogP contribution in [0.1, 0.15) is 0 Å². The van der Waals surface area contributed by atoms with Gasteiger partial charge in [0.15, 0.2) is 11.6 Å². The van der Waals surface area contributed by atoms with Crippen LogP contribution in [0.15, 0.2) is 243 Å². The normalized spacial score (nSPS) is 11.8. The van der Waals surface area contributed by atoms with Crippen LogP contribution in [0.4, 0.5) is 0 Å². The van der Waals surface area contributed by atoms with E-state index in [1.54, 1.807) is 0 Å². The summed E-state index contributed by atoms with van der Waals surface area (Å²) < 4.78 is 7.02. The van der Waals surface area contributed by atoms with E-state index in [1.807, 2.05) is 18.2 Å². The quantitative estimate of drug-likeness (QED) is 0.160. The molecule has 0 aliphatic heterocycles. The number of para-hydroxylation sites is 4. The van der Waals surface area contributed by atoms with E-state index in [-0.39, 0.29) is 0 Å². The van der Waals surface area contributed by atoms with Crippen LogP contribution in [-0.4, -0.2) is 28.7 Å². The topological polar surface area (TPSA) is 53.5 Å². The highest BCUT2D eigenvalue weighted by molar-refractivity contribution is 6.19. The molecule has 4 heterocycles. The van der Waals surface area contributed by atoms with Crippen molar-refractivity contribution in [2.75, 3.05) is 0 Å². The summed E-state index contributed by atoms with van der Waals surface area (Å²) in [6, 6.07) is 86.4. The standard InChI is InChI=1S/C63H40N6/c1-5-19-41(20-6-1)44-34-36-57(51(37-44)42-21-7-2-8-22-42)68-55-31-17-14-28-48(55)52-40-60-53(39-59(52)68)49-29-15-18-32-56(49)69(60)63-65-61(43-23-9-3-10-24-43)64-62(66-63)45-33-35-50-47-27-13-16-30-54(47)67(58(50)38-45)46-25-11-4-12-26-46/h1-40H. The van der Waals surface area contributed by atoms with E-state index in [0.717, 1.165) is 82.9 Å². The Morgan fingerprint density at radius 3 is 1.33 bits per heavy atom. The van der Waals surface area contributed by atoms with Crippen molar-refractivity contribution < 1.29 is 0 Å². The van der Waals surface area contributed by atoms with Crippen molar-refractivity contribution in [2.24, 2.45) is 0 Å². The van der Waals surface area contributed by atoms with Crippen LogP contribution in [0.5, 0.6) is 0 Å². The van der Waals surface area contributed by atoms with Gasteiger partial charge in [-0.15, -0.1) is 0 Å². The molecule has 0 N–H and O–H groups in total. The zero-order valence-electron chi connectivity index (χ0n) is 37.3. The Bertz CT molecular complexity index is 4280. The fraction of sp³-hybridized carbons (Fsp3) is 0. The average molecular weight is 881 g/mol. The number of fused-ring (bicyclic) bond motifs is 9. The molecule has 0 saturated heterocycles. The molecule has 0 bridgehead atoms. The number of rotatable bonds is 7. The zero-order chi connectivity index (χ0) is 45.4. The Hall–Kier alpha value is -9.39. The van der Waals surface area contributed by atoms with Gasteiger partial charge >= 0.3 is 0 Å². The monoisotopic (exact) mass is 880 g/mol. The van der Waals surface area contributed by atoms with Gasteiger partial charge in [-0.05, 0) is 77.4 Å². The summed E-state index contributed by atoms with van der Waals surface area (Å²) in [4.78, 5) is 16.0. The van der Waals surface area contributed by atoms with Crippen LogP contribution in [0, 0.1) is 0 Å². The number of hydrogen-bond donors (Lipinski definition) is 0. The molecule has 322 valence electrons. The Balaban J connectivity index is 1.02. The first-order chi connectivity index (χ1) is 34.2.